The molecule has 0 aliphatic carbocycles. The summed E-state index contributed by atoms with van der Waals surface area (Å²) in [5.41, 5.74) is 3.26. The maximum Gasteiger partial charge on any atom is 0.148 e. The van der Waals surface area contributed by atoms with E-state index in [0.717, 1.165) is 57.4 Å². The molecule has 2 aliphatic heterocycles. The standard InChI is InChI=1S/C36H36ClFN4O4S3/c1-49(43,44)15-12-41-19-28-8-11-32(46-28)25-6-9-31-29(17-25)36(40-23-39-31)42(21-35-34(20-41)47-13-3-14-48-35)27-7-10-33(30(37)18-27)45-22-24-4-2-5-26(38)16-24/h2,4-11,16-18,23,34-35H,3,12-15,19-22H2,1H3/t34?,35-/m1/s1. The molecule has 7 rings (SSSR count). The van der Waals surface area contributed by atoms with E-state index in [0.29, 0.717) is 42.5 Å². The van der Waals surface area contributed by atoms with Crippen LogP contribution in [0.5, 0.6) is 5.75 Å². The SMILES string of the molecule is CS(=O)(=O)CCN1Cc2ccc(o2)-c2ccc3ncnc(c3c2)N(c2ccc(OCc3cccc(F)c3)c(Cl)c2)C[C@H]2SCCCSC2C1. The van der Waals surface area contributed by atoms with Crippen LogP contribution in [-0.2, 0) is 23.0 Å². The first-order valence-corrected chi connectivity index (χ1v) is 20.6. The highest BCUT2D eigenvalue weighted by atomic mass is 35.5. The number of aromatic nitrogens is 2. The van der Waals surface area contributed by atoms with E-state index in [1.54, 1.807) is 12.4 Å². The summed E-state index contributed by atoms with van der Waals surface area (Å²) in [6, 6.07) is 22.0. The van der Waals surface area contributed by atoms with Crippen molar-refractivity contribution in [2.75, 3.05) is 48.0 Å². The molecule has 1 fully saturated rings. The quantitative estimate of drug-likeness (QED) is 0.164. The van der Waals surface area contributed by atoms with Gasteiger partial charge in [-0.3, -0.25) is 4.90 Å². The number of halogens is 2. The van der Waals surface area contributed by atoms with Crippen LogP contribution in [0.4, 0.5) is 15.9 Å². The van der Waals surface area contributed by atoms with Gasteiger partial charge in [-0.05, 0) is 84.2 Å². The van der Waals surface area contributed by atoms with E-state index in [-0.39, 0.29) is 28.7 Å². The van der Waals surface area contributed by atoms with Crippen LogP contribution in [0.3, 0.4) is 0 Å². The first kappa shape index (κ1) is 34.2. The van der Waals surface area contributed by atoms with Gasteiger partial charge in [-0.25, -0.2) is 22.8 Å². The van der Waals surface area contributed by atoms with Gasteiger partial charge in [0.05, 0.1) is 22.8 Å². The minimum Gasteiger partial charge on any atom is -0.487 e. The van der Waals surface area contributed by atoms with Crippen LogP contribution in [0.2, 0.25) is 5.02 Å². The minimum atomic E-state index is -3.16. The highest BCUT2D eigenvalue weighted by Crippen LogP contribution is 2.40. The Labute approximate surface area is 299 Å². The van der Waals surface area contributed by atoms with Crippen molar-refractivity contribution in [3.05, 3.63) is 101 Å². The van der Waals surface area contributed by atoms with Gasteiger partial charge < -0.3 is 14.1 Å². The number of furan rings is 1. The highest BCUT2D eigenvalue weighted by molar-refractivity contribution is 8.04. The Bertz CT molecular complexity index is 2060. The maximum atomic E-state index is 13.8. The van der Waals surface area contributed by atoms with E-state index < -0.39 is 9.84 Å². The molecule has 0 amide bonds. The number of benzene rings is 3. The molecule has 49 heavy (non-hydrogen) atoms. The summed E-state index contributed by atoms with van der Waals surface area (Å²) in [7, 11) is -3.16. The third-order valence-corrected chi connectivity index (χ3v) is 12.9. The summed E-state index contributed by atoms with van der Waals surface area (Å²) in [6.07, 6.45) is 3.98. The van der Waals surface area contributed by atoms with Crippen LogP contribution >= 0.6 is 35.1 Å². The van der Waals surface area contributed by atoms with Gasteiger partial charge in [-0.2, -0.15) is 23.5 Å². The van der Waals surface area contributed by atoms with Gasteiger partial charge >= 0.3 is 0 Å². The normalized spacial score (nSPS) is 19.0. The Balaban J connectivity index is 1.30. The zero-order valence-corrected chi connectivity index (χ0v) is 30.1. The monoisotopic (exact) mass is 738 g/mol. The Morgan fingerprint density at radius 1 is 1.00 bits per heavy atom. The Morgan fingerprint density at radius 2 is 1.84 bits per heavy atom. The Kier molecular flexibility index (Phi) is 10.4. The van der Waals surface area contributed by atoms with Crippen molar-refractivity contribution in [1.29, 1.82) is 0 Å². The largest absolute Gasteiger partial charge is 0.487 e. The molecule has 3 aromatic carbocycles. The van der Waals surface area contributed by atoms with Crippen LogP contribution in [0.1, 0.15) is 17.7 Å². The fourth-order valence-corrected chi connectivity index (χ4v) is 10.0. The number of thioether (sulfide) groups is 2. The van der Waals surface area contributed by atoms with Gasteiger partial charge in [0.15, 0.2) is 0 Å². The number of hydrogen-bond acceptors (Lipinski definition) is 10. The summed E-state index contributed by atoms with van der Waals surface area (Å²) in [4.78, 5) is 13.9. The average molecular weight is 739 g/mol. The number of rotatable bonds is 7. The maximum absolute atomic E-state index is 13.8. The van der Waals surface area contributed by atoms with Gasteiger partial charge in [0.25, 0.3) is 0 Å². The Morgan fingerprint density at radius 3 is 2.63 bits per heavy atom. The van der Waals surface area contributed by atoms with Crippen LogP contribution in [-0.4, -0.2) is 76.9 Å². The number of nitrogens with zero attached hydrogens (tertiary/aromatic N) is 4. The molecule has 2 atom stereocenters. The second-order valence-electron chi connectivity index (χ2n) is 12.4. The fraction of sp³-hybridized carbons (Fsp3) is 0.333. The first-order chi connectivity index (χ1) is 23.7. The fourth-order valence-electron chi connectivity index (χ4n) is 6.17. The number of ether oxygens (including phenoxy) is 1. The van der Waals surface area contributed by atoms with Crippen LogP contribution in [0, 0.1) is 5.82 Å². The van der Waals surface area contributed by atoms with Crippen molar-refractivity contribution in [2.45, 2.75) is 30.1 Å². The lowest BCUT2D eigenvalue weighted by Gasteiger charge is -2.35. The number of anilines is 2. The second kappa shape index (κ2) is 14.9. The predicted octanol–water partition coefficient (Wildman–Crippen LogP) is 7.87. The molecule has 0 saturated carbocycles. The number of hydrogen-bond donors (Lipinski definition) is 0. The molecule has 256 valence electrons. The van der Waals surface area contributed by atoms with Gasteiger partial charge in [0.2, 0.25) is 0 Å². The van der Waals surface area contributed by atoms with Crippen molar-refractivity contribution >= 4 is 67.4 Å². The minimum absolute atomic E-state index is 0.0784. The molecule has 2 aromatic heterocycles. The molecule has 4 heterocycles. The number of sulfone groups is 1. The molecule has 0 radical (unpaired) electrons. The molecule has 13 heteroatoms. The molecule has 1 unspecified atom stereocenters. The zero-order valence-electron chi connectivity index (χ0n) is 26.9. The summed E-state index contributed by atoms with van der Waals surface area (Å²) >= 11 is 10.8. The molecular weight excluding hydrogens is 703 g/mol. The van der Waals surface area contributed by atoms with Crippen LogP contribution < -0.4 is 9.64 Å². The van der Waals surface area contributed by atoms with E-state index in [9.17, 15) is 12.8 Å². The topological polar surface area (TPSA) is 88.8 Å². The summed E-state index contributed by atoms with van der Waals surface area (Å²) in [5, 5.41) is 1.70. The van der Waals surface area contributed by atoms with E-state index in [4.69, 9.17) is 25.7 Å². The third kappa shape index (κ3) is 8.37. The van der Waals surface area contributed by atoms with Crippen molar-refractivity contribution in [3.63, 3.8) is 0 Å². The summed E-state index contributed by atoms with van der Waals surface area (Å²) in [6.45, 7) is 2.46. The molecule has 5 aromatic rings. The van der Waals surface area contributed by atoms with Crippen LogP contribution in [0.25, 0.3) is 22.2 Å². The molecule has 1 saturated heterocycles. The summed E-state index contributed by atoms with van der Waals surface area (Å²) < 4.78 is 50.7. The molecule has 0 N–H and O–H groups in total. The predicted molar refractivity (Wildman–Crippen MR) is 199 cm³/mol. The van der Waals surface area contributed by atoms with Gasteiger partial charge in [-0.1, -0.05) is 23.7 Å². The first-order valence-electron chi connectivity index (χ1n) is 16.1. The van der Waals surface area contributed by atoms with E-state index >= 15 is 0 Å². The molecule has 8 nitrogen and oxygen atoms in total. The second-order valence-corrected chi connectivity index (χ2v) is 17.7. The molecular formula is C36H36ClFN4O4S3. The van der Waals surface area contributed by atoms with Gasteiger partial charge in [0.1, 0.15) is 51.7 Å². The Hall–Kier alpha value is -3.29. The highest BCUT2D eigenvalue weighted by Gasteiger charge is 2.31. The molecule has 2 aliphatic rings. The molecule has 0 spiro atoms. The zero-order chi connectivity index (χ0) is 34.0. The lowest BCUT2D eigenvalue weighted by molar-refractivity contribution is 0.257. The van der Waals surface area contributed by atoms with Crippen molar-refractivity contribution < 1.29 is 22.0 Å². The lowest BCUT2D eigenvalue weighted by atomic mass is 10.1. The third-order valence-electron chi connectivity index (χ3n) is 8.65. The van der Waals surface area contributed by atoms with Crippen molar-refractivity contribution in [1.82, 2.24) is 14.9 Å². The van der Waals surface area contributed by atoms with E-state index in [1.165, 1.54) is 18.4 Å². The van der Waals surface area contributed by atoms with Gasteiger partial charge in [-0.15, -0.1) is 0 Å². The van der Waals surface area contributed by atoms with Crippen molar-refractivity contribution in [3.8, 4) is 17.1 Å². The van der Waals surface area contributed by atoms with Crippen molar-refractivity contribution in [2.24, 2.45) is 0 Å². The lowest BCUT2D eigenvalue weighted by Crippen LogP contribution is -2.42. The number of fused-ring (bicyclic) bond motifs is 5. The van der Waals surface area contributed by atoms with E-state index in [1.807, 2.05) is 72.1 Å². The average Bonchev–Trinajstić information content (AvgIpc) is 3.43. The van der Waals surface area contributed by atoms with Crippen LogP contribution in [0.15, 0.2) is 83.5 Å². The molecule has 4 bridgehead atoms. The summed E-state index contributed by atoms with van der Waals surface area (Å²) in [5.74, 6) is 4.58. The van der Waals surface area contributed by atoms with Gasteiger partial charge in [0, 0.05) is 53.0 Å². The van der Waals surface area contributed by atoms with E-state index in [2.05, 4.69) is 20.9 Å². The smallest absolute Gasteiger partial charge is 0.148 e.